The van der Waals surface area contributed by atoms with E-state index in [1.807, 2.05) is 0 Å². The van der Waals surface area contributed by atoms with E-state index in [-0.39, 0.29) is 18.5 Å². The lowest BCUT2D eigenvalue weighted by Crippen LogP contribution is -2.51. The van der Waals surface area contributed by atoms with Crippen LogP contribution < -0.4 is 9.80 Å². The van der Waals surface area contributed by atoms with Crippen LogP contribution in [-0.2, 0) is 14.6 Å². The van der Waals surface area contributed by atoms with E-state index in [0.717, 1.165) is 17.2 Å². The molecule has 0 unspecified atom stereocenters. The molecule has 28 heavy (non-hydrogen) atoms. The van der Waals surface area contributed by atoms with Crippen LogP contribution in [0, 0.1) is 5.82 Å². The predicted octanol–water partition coefficient (Wildman–Crippen LogP) is 3.14. The number of halogens is 1. The molecule has 7 nitrogen and oxygen atoms in total. The summed E-state index contributed by atoms with van der Waals surface area (Å²) >= 11 is 0. The molecule has 0 radical (unpaired) electrons. The van der Waals surface area contributed by atoms with Crippen molar-refractivity contribution in [1.29, 1.82) is 0 Å². The Hall–Kier alpha value is -2.94. The SMILES string of the molecule is CC(=O)N1c2ccc(-c3ccc(S(C)(=O)=O)c(F)c3)cc2N(C(=O)O)C[C@@H]1C. The van der Waals surface area contributed by atoms with E-state index in [1.165, 1.54) is 24.0 Å². The first-order valence-corrected chi connectivity index (χ1v) is 10.3. The number of amides is 2. The van der Waals surface area contributed by atoms with Crippen LogP contribution in [0.5, 0.6) is 0 Å². The molecule has 1 aliphatic rings. The Bertz CT molecular complexity index is 1080. The minimum atomic E-state index is -3.69. The Morgan fingerprint density at radius 3 is 2.25 bits per heavy atom. The number of rotatable bonds is 2. The molecule has 0 aliphatic carbocycles. The number of hydrogen-bond donors (Lipinski definition) is 1. The van der Waals surface area contributed by atoms with Crippen LogP contribution in [0.4, 0.5) is 20.6 Å². The van der Waals surface area contributed by atoms with Crippen molar-refractivity contribution in [3.63, 3.8) is 0 Å². The van der Waals surface area contributed by atoms with Gasteiger partial charge in [-0.25, -0.2) is 17.6 Å². The number of nitrogens with zero attached hydrogens (tertiary/aromatic N) is 2. The molecule has 148 valence electrons. The lowest BCUT2D eigenvalue weighted by molar-refractivity contribution is -0.117. The second kappa shape index (κ2) is 6.90. The standard InChI is InChI=1S/C19H19FN2O5S/c1-11-10-21(19(24)25)17-9-14(4-6-16(17)22(11)12(2)23)13-5-7-18(15(20)8-13)28(3,26)27/h4-9,11H,10H2,1-3H3,(H,24,25)/t11-/m0/s1. The van der Waals surface area contributed by atoms with Crippen molar-refractivity contribution in [2.24, 2.45) is 0 Å². The van der Waals surface area contributed by atoms with Crippen LogP contribution >= 0.6 is 0 Å². The largest absolute Gasteiger partial charge is 0.465 e. The van der Waals surface area contributed by atoms with Gasteiger partial charge < -0.3 is 10.0 Å². The van der Waals surface area contributed by atoms with Gasteiger partial charge in [0.05, 0.1) is 17.4 Å². The Morgan fingerprint density at radius 1 is 1.11 bits per heavy atom. The molecule has 0 bridgehead atoms. The van der Waals surface area contributed by atoms with Crippen LogP contribution in [-0.4, -0.2) is 44.4 Å². The Labute approximate surface area is 161 Å². The van der Waals surface area contributed by atoms with Crippen LogP contribution in [0.3, 0.4) is 0 Å². The van der Waals surface area contributed by atoms with Crippen LogP contribution in [0.2, 0.25) is 0 Å². The number of carbonyl (C=O) groups is 2. The van der Waals surface area contributed by atoms with Gasteiger partial charge in [0.25, 0.3) is 0 Å². The second-order valence-electron chi connectivity index (χ2n) is 6.75. The van der Waals surface area contributed by atoms with Gasteiger partial charge in [0.15, 0.2) is 9.84 Å². The van der Waals surface area contributed by atoms with Crippen molar-refractivity contribution in [2.45, 2.75) is 24.8 Å². The van der Waals surface area contributed by atoms with E-state index in [9.17, 15) is 27.5 Å². The van der Waals surface area contributed by atoms with Crippen molar-refractivity contribution < 1.29 is 27.5 Å². The van der Waals surface area contributed by atoms with E-state index in [0.29, 0.717) is 22.5 Å². The van der Waals surface area contributed by atoms with Crippen LogP contribution in [0.25, 0.3) is 11.1 Å². The fourth-order valence-corrected chi connectivity index (χ4v) is 4.18. The van der Waals surface area contributed by atoms with E-state index in [2.05, 4.69) is 0 Å². The maximum atomic E-state index is 14.3. The molecular weight excluding hydrogens is 387 g/mol. The lowest BCUT2D eigenvalue weighted by atomic mass is 10.0. The van der Waals surface area contributed by atoms with E-state index in [4.69, 9.17) is 0 Å². The Morgan fingerprint density at radius 2 is 1.71 bits per heavy atom. The number of anilines is 2. The summed E-state index contributed by atoms with van der Waals surface area (Å²) in [7, 11) is -3.69. The maximum Gasteiger partial charge on any atom is 0.411 e. The first-order valence-electron chi connectivity index (χ1n) is 8.45. The van der Waals surface area contributed by atoms with Gasteiger partial charge in [0.2, 0.25) is 5.91 Å². The van der Waals surface area contributed by atoms with Gasteiger partial charge in [0, 0.05) is 19.7 Å². The molecular formula is C19H19FN2O5S. The third kappa shape index (κ3) is 3.45. The zero-order chi connectivity index (χ0) is 20.8. The second-order valence-corrected chi connectivity index (χ2v) is 8.74. The highest BCUT2D eigenvalue weighted by atomic mass is 32.2. The maximum absolute atomic E-state index is 14.3. The van der Waals surface area contributed by atoms with Gasteiger partial charge in [-0.3, -0.25) is 9.69 Å². The third-order valence-electron chi connectivity index (χ3n) is 4.65. The van der Waals surface area contributed by atoms with Crippen molar-refractivity contribution in [3.05, 3.63) is 42.2 Å². The van der Waals surface area contributed by atoms with E-state index in [1.54, 1.807) is 25.1 Å². The summed E-state index contributed by atoms with van der Waals surface area (Å²) < 4.78 is 37.4. The summed E-state index contributed by atoms with van der Waals surface area (Å²) in [6, 6.07) is 8.21. The molecule has 2 amide bonds. The summed E-state index contributed by atoms with van der Waals surface area (Å²) in [5.41, 5.74) is 1.66. The number of hydrogen-bond acceptors (Lipinski definition) is 4. The molecule has 1 atom stereocenters. The average molecular weight is 406 g/mol. The molecule has 2 aromatic rings. The molecule has 1 aliphatic heterocycles. The van der Waals surface area contributed by atoms with E-state index < -0.39 is 26.6 Å². The van der Waals surface area contributed by atoms with Crippen molar-refractivity contribution >= 4 is 33.2 Å². The highest BCUT2D eigenvalue weighted by Crippen LogP contribution is 2.39. The summed E-state index contributed by atoms with van der Waals surface area (Å²) in [5.74, 6) is -1.10. The van der Waals surface area contributed by atoms with Gasteiger partial charge >= 0.3 is 6.09 Å². The Kier molecular flexibility index (Phi) is 4.88. The number of sulfone groups is 1. The quantitative estimate of drug-likeness (QED) is 0.827. The monoisotopic (exact) mass is 406 g/mol. The van der Waals surface area contributed by atoms with Gasteiger partial charge in [-0.15, -0.1) is 0 Å². The minimum absolute atomic E-state index is 0.104. The van der Waals surface area contributed by atoms with Crippen molar-refractivity contribution in [2.75, 3.05) is 22.6 Å². The van der Waals surface area contributed by atoms with Crippen LogP contribution in [0.15, 0.2) is 41.3 Å². The molecule has 0 fully saturated rings. The van der Waals surface area contributed by atoms with Gasteiger partial charge in [0.1, 0.15) is 10.7 Å². The van der Waals surface area contributed by atoms with Crippen molar-refractivity contribution in [3.8, 4) is 11.1 Å². The average Bonchev–Trinajstić information content (AvgIpc) is 2.58. The summed E-state index contributed by atoms with van der Waals surface area (Å²) in [6.45, 7) is 3.27. The lowest BCUT2D eigenvalue weighted by Gasteiger charge is -2.39. The smallest absolute Gasteiger partial charge is 0.411 e. The summed E-state index contributed by atoms with van der Waals surface area (Å²) in [4.78, 5) is 26.0. The zero-order valence-electron chi connectivity index (χ0n) is 15.5. The van der Waals surface area contributed by atoms with Gasteiger partial charge in [-0.2, -0.15) is 0 Å². The minimum Gasteiger partial charge on any atom is -0.465 e. The third-order valence-corrected chi connectivity index (χ3v) is 5.78. The fourth-order valence-electron chi connectivity index (χ4n) is 3.45. The highest BCUT2D eigenvalue weighted by Gasteiger charge is 2.33. The number of carbonyl (C=O) groups excluding carboxylic acids is 1. The van der Waals surface area contributed by atoms with E-state index >= 15 is 0 Å². The summed E-state index contributed by atoms with van der Waals surface area (Å²) in [5, 5.41) is 9.55. The first-order chi connectivity index (χ1) is 13.0. The topological polar surface area (TPSA) is 95.0 Å². The normalized spacial score (nSPS) is 16.6. The molecule has 0 aromatic heterocycles. The molecule has 0 saturated heterocycles. The molecule has 0 saturated carbocycles. The molecule has 3 rings (SSSR count). The Balaban J connectivity index is 2.14. The molecule has 0 spiro atoms. The zero-order valence-corrected chi connectivity index (χ0v) is 16.3. The summed E-state index contributed by atoms with van der Waals surface area (Å²) in [6.07, 6.45) is -0.237. The van der Waals surface area contributed by atoms with Gasteiger partial charge in [-0.1, -0.05) is 12.1 Å². The highest BCUT2D eigenvalue weighted by molar-refractivity contribution is 7.90. The van der Waals surface area contributed by atoms with Crippen LogP contribution in [0.1, 0.15) is 13.8 Å². The number of benzene rings is 2. The fraction of sp³-hybridized carbons (Fsp3) is 0.263. The molecule has 9 heteroatoms. The molecule has 1 N–H and O–H groups in total. The number of carboxylic acid groups (broad SMARTS) is 1. The number of fused-ring (bicyclic) bond motifs is 1. The molecule has 1 heterocycles. The first kappa shape index (κ1) is 19.8. The molecule has 2 aromatic carbocycles. The van der Waals surface area contributed by atoms with Crippen molar-refractivity contribution in [1.82, 2.24) is 0 Å². The van der Waals surface area contributed by atoms with Gasteiger partial charge in [-0.05, 0) is 42.3 Å². The predicted molar refractivity (Wildman–Crippen MR) is 103 cm³/mol.